The minimum atomic E-state index is -1.54. The second-order valence-electron chi connectivity index (χ2n) is 6.46. The quantitative estimate of drug-likeness (QED) is 0.861. The van der Waals surface area contributed by atoms with E-state index in [1.165, 1.54) is 26.1 Å². The topological polar surface area (TPSA) is 73.1 Å². The van der Waals surface area contributed by atoms with Crippen LogP contribution in [0, 0.1) is 12.2 Å². The summed E-state index contributed by atoms with van der Waals surface area (Å²) >= 11 is 0. The van der Waals surface area contributed by atoms with Crippen LogP contribution in [0.3, 0.4) is 0 Å². The molecule has 0 aliphatic heterocycles. The van der Waals surface area contributed by atoms with E-state index in [-0.39, 0.29) is 17.9 Å². The molecule has 0 bridgehead atoms. The monoisotopic (exact) mass is 394 g/mol. The molecule has 1 unspecified atom stereocenters. The number of halogens is 3. The Kier molecular flexibility index (Phi) is 5.26. The highest BCUT2D eigenvalue weighted by Crippen LogP contribution is 2.23. The van der Waals surface area contributed by atoms with E-state index in [1.807, 2.05) is 0 Å². The first kappa shape index (κ1) is 19.7. The normalized spacial score (nSPS) is 17.8. The second kappa shape index (κ2) is 7.49. The number of nitrogens with one attached hydrogen (secondary N) is 1. The molecule has 1 radical (unpaired) electrons. The van der Waals surface area contributed by atoms with Crippen LogP contribution in [0.4, 0.5) is 13.2 Å². The van der Waals surface area contributed by atoms with Crippen LogP contribution in [0.2, 0.25) is 0 Å². The predicted molar refractivity (Wildman–Crippen MR) is 99.6 cm³/mol. The largest absolute Gasteiger partial charge is 0.348 e. The lowest BCUT2D eigenvalue weighted by Gasteiger charge is -2.20. The van der Waals surface area contributed by atoms with Gasteiger partial charge in [-0.3, -0.25) is 18.7 Å². The van der Waals surface area contributed by atoms with Gasteiger partial charge in [-0.15, -0.1) is 0 Å². The Hall–Kier alpha value is -3.10. The van der Waals surface area contributed by atoms with Crippen molar-refractivity contribution in [3.05, 3.63) is 74.8 Å². The number of hydrogen-bond donors (Lipinski definition) is 1. The average Bonchev–Trinajstić information content (AvgIpc) is 2.63. The summed E-state index contributed by atoms with van der Waals surface area (Å²) in [5.41, 5.74) is -1.25. The standard InChI is InChI=1S/C19H17F3N3O3.H2/c1-10(13-5-3-12(21)8-15(13)22)23-17(26)9-25-18(27)14-7-11(20)4-6-16(14)24(2)19(25)28;/h3-8,10,12H,9H2,1-2H3,(H,23,26);1H/t10-,12?;/m0./s1. The number of aryl methyl sites for hydroxylation is 1. The van der Waals surface area contributed by atoms with E-state index in [9.17, 15) is 27.6 Å². The van der Waals surface area contributed by atoms with Crippen LogP contribution in [0.15, 0.2) is 51.3 Å². The van der Waals surface area contributed by atoms with Gasteiger partial charge in [0.1, 0.15) is 24.4 Å². The number of hydrogen-bond acceptors (Lipinski definition) is 3. The molecule has 3 rings (SSSR count). The molecular formula is C19H19F3N3O3. The molecule has 149 valence electrons. The van der Waals surface area contributed by atoms with Crippen molar-refractivity contribution < 1.29 is 19.4 Å². The molecule has 2 atom stereocenters. The zero-order valence-corrected chi connectivity index (χ0v) is 15.1. The molecule has 0 fully saturated rings. The van der Waals surface area contributed by atoms with E-state index in [0.717, 1.165) is 29.2 Å². The van der Waals surface area contributed by atoms with E-state index < -0.39 is 47.6 Å². The van der Waals surface area contributed by atoms with Crippen molar-refractivity contribution in [1.29, 1.82) is 0 Å². The Morgan fingerprint density at radius 1 is 1.32 bits per heavy atom. The maximum absolute atomic E-state index is 13.9. The molecule has 1 N–H and O–H groups in total. The Bertz CT molecular complexity index is 1140. The molecule has 1 aliphatic rings. The number of allylic oxidation sites excluding steroid dienone is 2. The van der Waals surface area contributed by atoms with Crippen molar-refractivity contribution in [2.75, 3.05) is 0 Å². The van der Waals surface area contributed by atoms with Crippen molar-refractivity contribution >= 4 is 16.8 Å². The van der Waals surface area contributed by atoms with Crippen molar-refractivity contribution in [3.8, 4) is 0 Å². The number of aromatic nitrogens is 2. The highest BCUT2D eigenvalue weighted by atomic mass is 19.1. The summed E-state index contributed by atoms with van der Waals surface area (Å²) in [6.45, 7) is 0.858. The maximum Gasteiger partial charge on any atom is 0.331 e. The molecule has 9 heteroatoms. The summed E-state index contributed by atoms with van der Waals surface area (Å²) in [6, 6.07) is 2.60. The summed E-state index contributed by atoms with van der Waals surface area (Å²) in [4.78, 5) is 37.3. The van der Waals surface area contributed by atoms with Gasteiger partial charge in [0.2, 0.25) is 5.91 Å². The minimum Gasteiger partial charge on any atom is -0.348 e. The first-order valence-corrected chi connectivity index (χ1v) is 8.44. The van der Waals surface area contributed by atoms with E-state index in [2.05, 4.69) is 5.32 Å². The van der Waals surface area contributed by atoms with E-state index in [4.69, 9.17) is 0 Å². The molecule has 0 spiro atoms. The van der Waals surface area contributed by atoms with Gasteiger partial charge in [0.05, 0.1) is 16.9 Å². The number of carbonyl (C=O) groups excluding carboxylic acids is 1. The molecule has 1 aliphatic carbocycles. The Balaban J connectivity index is 0.00000300. The Morgan fingerprint density at radius 2 is 2.04 bits per heavy atom. The second-order valence-corrected chi connectivity index (χ2v) is 6.46. The third-order valence-corrected chi connectivity index (χ3v) is 4.50. The van der Waals surface area contributed by atoms with E-state index in [0.29, 0.717) is 4.57 Å². The van der Waals surface area contributed by atoms with Gasteiger partial charge in [-0.05, 0) is 31.2 Å². The van der Waals surface area contributed by atoms with Gasteiger partial charge >= 0.3 is 5.69 Å². The summed E-state index contributed by atoms with van der Waals surface area (Å²) in [5.74, 6) is -2.17. The molecule has 1 heterocycles. The number of fused-ring (bicyclic) bond motifs is 1. The Labute approximate surface area is 159 Å². The van der Waals surface area contributed by atoms with Crippen LogP contribution in [0.25, 0.3) is 10.9 Å². The summed E-state index contributed by atoms with van der Waals surface area (Å²) in [6.07, 6.45) is 1.61. The summed E-state index contributed by atoms with van der Waals surface area (Å²) in [5, 5.41) is 2.42. The molecule has 1 amide bonds. The van der Waals surface area contributed by atoms with Crippen LogP contribution < -0.4 is 16.6 Å². The third-order valence-electron chi connectivity index (χ3n) is 4.50. The van der Waals surface area contributed by atoms with Crippen LogP contribution >= 0.6 is 0 Å². The lowest BCUT2D eigenvalue weighted by molar-refractivity contribution is -0.122. The predicted octanol–water partition coefficient (Wildman–Crippen LogP) is 1.93. The number of rotatable bonds is 4. The fourth-order valence-electron chi connectivity index (χ4n) is 3.05. The first-order valence-electron chi connectivity index (χ1n) is 8.44. The fraction of sp³-hybridized carbons (Fsp3) is 0.263. The molecule has 1 aromatic heterocycles. The number of alkyl halides is 1. The lowest BCUT2D eigenvalue weighted by Crippen LogP contribution is -2.45. The number of nitrogens with zero attached hydrogens (tertiary/aromatic N) is 2. The number of benzene rings is 1. The lowest BCUT2D eigenvalue weighted by atomic mass is 9.99. The SMILES string of the molecule is C[C@H](NC(=O)Cn1c(=O)c2cc(F)ccc2n(C)c1=O)C1=C[CH]C(F)C=C1F.[HH]. The molecule has 1 aromatic carbocycles. The molecule has 0 saturated heterocycles. The van der Waals surface area contributed by atoms with Gasteiger partial charge in [0.25, 0.3) is 5.56 Å². The van der Waals surface area contributed by atoms with Gasteiger partial charge in [-0.2, -0.15) is 0 Å². The molecule has 28 heavy (non-hydrogen) atoms. The fourth-order valence-corrected chi connectivity index (χ4v) is 3.05. The maximum atomic E-state index is 13.9. The van der Waals surface area contributed by atoms with Crippen molar-refractivity contribution in [2.24, 2.45) is 7.05 Å². The first-order chi connectivity index (χ1) is 13.2. The van der Waals surface area contributed by atoms with Gasteiger partial charge in [-0.1, -0.05) is 6.08 Å². The van der Waals surface area contributed by atoms with Gasteiger partial charge in [0, 0.05) is 20.5 Å². The summed E-state index contributed by atoms with van der Waals surface area (Å²) in [7, 11) is 1.40. The Morgan fingerprint density at radius 3 is 2.71 bits per heavy atom. The van der Waals surface area contributed by atoms with Crippen LogP contribution in [-0.4, -0.2) is 27.3 Å². The number of amides is 1. The van der Waals surface area contributed by atoms with Crippen molar-refractivity contribution in [2.45, 2.75) is 25.7 Å². The van der Waals surface area contributed by atoms with Crippen LogP contribution in [-0.2, 0) is 18.4 Å². The van der Waals surface area contributed by atoms with Crippen LogP contribution in [0.5, 0.6) is 0 Å². The summed E-state index contributed by atoms with van der Waals surface area (Å²) < 4.78 is 42.3. The third kappa shape index (κ3) is 3.64. The van der Waals surface area contributed by atoms with Gasteiger partial charge < -0.3 is 5.32 Å². The van der Waals surface area contributed by atoms with Gasteiger partial charge in [0.15, 0.2) is 0 Å². The minimum absolute atomic E-state index is 0. The highest BCUT2D eigenvalue weighted by Gasteiger charge is 2.22. The zero-order chi connectivity index (χ0) is 20.6. The average molecular weight is 394 g/mol. The van der Waals surface area contributed by atoms with Crippen molar-refractivity contribution in [1.82, 2.24) is 14.5 Å². The van der Waals surface area contributed by atoms with Gasteiger partial charge in [-0.25, -0.2) is 18.0 Å². The molecule has 0 saturated carbocycles. The van der Waals surface area contributed by atoms with E-state index in [1.54, 1.807) is 0 Å². The molecule has 6 nitrogen and oxygen atoms in total. The van der Waals surface area contributed by atoms with Crippen molar-refractivity contribution in [3.63, 3.8) is 0 Å². The van der Waals surface area contributed by atoms with E-state index >= 15 is 0 Å². The smallest absolute Gasteiger partial charge is 0.331 e. The van der Waals surface area contributed by atoms with Crippen LogP contribution in [0.1, 0.15) is 8.35 Å². The highest BCUT2D eigenvalue weighted by molar-refractivity contribution is 5.79. The zero-order valence-electron chi connectivity index (χ0n) is 15.1. The number of carbonyl (C=O) groups is 1. The molecular weight excluding hydrogens is 375 g/mol. The molecule has 2 aromatic rings.